The number of benzene rings is 2. The first kappa shape index (κ1) is 21.4. The van der Waals surface area contributed by atoms with Crippen molar-refractivity contribution >= 4 is 22.6 Å². The fourth-order valence-electron chi connectivity index (χ4n) is 3.64. The van der Waals surface area contributed by atoms with E-state index in [1.165, 1.54) is 0 Å². The lowest BCUT2D eigenvalue weighted by Gasteiger charge is -2.16. The molecule has 2 aromatic heterocycles. The number of amides is 1. The highest BCUT2D eigenvalue weighted by atomic mass is 16.5. The van der Waals surface area contributed by atoms with Crippen LogP contribution in [0.5, 0.6) is 11.6 Å². The molecule has 0 spiro atoms. The molecule has 0 bridgehead atoms. The number of rotatable bonds is 7. The molecule has 0 fully saturated rings. The van der Waals surface area contributed by atoms with Gasteiger partial charge in [0.05, 0.1) is 18.2 Å². The largest absolute Gasteiger partial charge is 0.497 e. The molecule has 1 amide bonds. The number of carbonyl (C=O) groups excluding carboxylic acids is 1. The summed E-state index contributed by atoms with van der Waals surface area (Å²) in [4.78, 5) is 17.4. The van der Waals surface area contributed by atoms with Gasteiger partial charge in [0, 0.05) is 24.4 Å². The van der Waals surface area contributed by atoms with E-state index in [0.29, 0.717) is 23.9 Å². The Kier molecular flexibility index (Phi) is 6.07. The van der Waals surface area contributed by atoms with Crippen LogP contribution in [0.15, 0.2) is 60.7 Å². The van der Waals surface area contributed by atoms with Crippen LogP contribution >= 0.6 is 0 Å². The van der Waals surface area contributed by atoms with Crippen molar-refractivity contribution in [1.29, 1.82) is 0 Å². The van der Waals surface area contributed by atoms with Crippen LogP contribution in [-0.4, -0.2) is 33.9 Å². The molecule has 164 valence electrons. The van der Waals surface area contributed by atoms with Crippen molar-refractivity contribution in [3.63, 3.8) is 0 Å². The van der Waals surface area contributed by atoms with Crippen LogP contribution < -0.4 is 14.8 Å². The zero-order valence-electron chi connectivity index (χ0n) is 18.6. The van der Waals surface area contributed by atoms with Crippen LogP contribution in [0.25, 0.3) is 22.2 Å². The van der Waals surface area contributed by atoms with Gasteiger partial charge in [-0.2, -0.15) is 10.1 Å². The van der Waals surface area contributed by atoms with Crippen molar-refractivity contribution in [1.82, 2.24) is 14.8 Å². The fourth-order valence-corrected chi connectivity index (χ4v) is 3.64. The summed E-state index contributed by atoms with van der Waals surface area (Å²) in [7, 11) is 1.58. The third-order valence-corrected chi connectivity index (χ3v) is 5.24. The number of nitrogens with zero attached hydrogens (tertiary/aromatic N) is 3. The van der Waals surface area contributed by atoms with Gasteiger partial charge in [-0.25, -0.2) is 4.68 Å². The molecule has 0 aliphatic carbocycles. The first-order valence-electron chi connectivity index (χ1n) is 10.5. The summed E-state index contributed by atoms with van der Waals surface area (Å²) >= 11 is 0. The molecule has 0 aliphatic rings. The number of nitrogens with one attached hydrogen (secondary N) is 1. The van der Waals surface area contributed by atoms with Crippen LogP contribution in [0.2, 0.25) is 0 Å². The van der Waals surface area contributed by atoms with E-state index in [9.17, 15) is 4.79 Å². The average molecular weight is 431 g/mol. The van der Waals surface area contributed by atoms with Gasteiger partial charge in [-0.05, 0) is 44.0 Å². The van der Waals surface area contributed by atoms with Gasteiger partial charge in [-0.1, -0.05) is 36.4 Å². The van der Waals surface area contributed by atoms with Crippen LogP contribution in [-0.2, 0) is 11.3 Å². The third kappa shape index (κ3) is 4.27. The normalized spacial score (nSPS) is 11.9. The molecule has 2 heterocycles. The Labute approximate surface area is 187 Å². The fraction of sp³-hybridized carbons (Fsp3) is 0.240. The molecule has 4 rings (SSSR count). The predicted molar refractivity (Wildman–Crippen MR) is 125 cm³/mol. The second kappa shape index (κ2) is 9.09. The number of pyridine rings is 1. The third-order valence-electron chi connectivity index (χ3n) is 5.24. The molecule has 0 saturated heterocycles. The quantitative estimate of drug-likeness (QED) is 0.454. The maximum Gasteiger partial charge on any atom is 0.265 e. The molecular weight excluding hydrogens is 404 g/mol. The Morgan fingerprint density at radius 3 is 2.62 bits per heavy atom. The van der Waals surface area contributed by atoms with Gasteiger partial charge in [0.1, 0.15) is 5.75 Å². The number of hydrogen-bond donors (Lipinski definition) is 1. The van der Waals surface area contributed by atoms with Gasteiger partial charge in [0.2, 0.25) is 5.88 Å². The highest BCUT2D eigenvalue weighted by Crippen LogP contribution is 2.33. The van der Waals surface area contributed by atoms with Gasteiger partial charge in [0.15, 0.2) is 11.8 Å². The maximum atomic E-state index is 12.7. The van der Waals surface area contributed by atoms with E-state index < -0.39 is 6.10 Å². The Hall–Kier alpha value is -3.87. The van der Waals surface area contributed by atoms with E-state index in [1.807, 2.05) is 67.1 Å². The van der Waals surface area contributed by atoms with Gasteiger partial charge in [-0.15, -0.1) is 0 Å². The van der Waals surface area contributed by atoms with E-state index in [0.717, 1.165) is 27.9 Å². The molecule has 32 heavy (non-hydrogen) atoms. The summed E-state index contributed by atoms with van der Waals surface area (Å²) in [5.41, 5.74) is 4.29. The average Bonchev–Trinajstić information content (AvgIpc) is 3.14. The molecule has 7 heteroatoms. The monoisotopic (exact) mass is 430 g/mol. The van der Waals surface area contributed by atoms with E-state index in [2.05, 4.69) is 15.4 Å². The first-order valence-corrected chi connectivity index (χ1v) is 10.5. The zero-order chi connectivity index (χ0) is 22.7. The lowest BCUT2D eigenvalue weighted by atomic mass is 10.0. The number of methoxy groups -OCH3 is 1. The van der Waals surface area contributed by atoms with Crippen molar-refractivity contribution in [3.05, 3.63) is 66.4 Å². The molecule has 0 unspecified atom stereocenters. The number of anilines is 1. The number of aromatic nitrogens is 3. The maximum absolute atomic E-state index is 12.7. The molecular formula is C25H26N4O3. The van der Waals surface area contributed by atoms with Gasteiger partial charge < -0.3 is 14.8 Å². The Morgan fingerprint density at radius 1 is 1.12 bits per heavy atom. The molecule has 1 atom stereocenters. The Bertz CT molecular complexity index is 1250. The topological polar surface area (TPSA) is 78.3 Å². The van der Waals surface area contributed by atoms with Crippen molar-refractivity contribution < 1.29 is 14.3 Å². The standard InChI is InChI=1S/C25H26N4O3/c1-5-29-24-23(16(2)28-29)21(18-10-7-6-8-11-18)15-22(27-24)32-17(3)25(30)26-19-12-9-13-20(14-19)31-4/h6-15,17H,5H2,1-4H3,(H,26,30)/t17-/m1/s1. The minimum atomic E-state index is -0.756. The van der Waals surface area contributed by atoms with Gasteiger partial charge in [0.25, 0.3) is 5.91 Å². The van der Waals surface area contributed by atoms with E-state index >= 15 is 0 Å². The second-order valence-corrected chi connectivity index (χ2v) is 7.46. The lowest BCUT2D eigenvalue weighted by Crippen LogP contribution is -2.30. The van der Waals surface area contributed by atoms with Crippen molar-refractivity contribution in [2.24, 2.45) is 0 Å². The SMILES string of the molecule is CCn1nc(C)c2c(-c3ccccc3)cc(O[C@H](C)C(=O)Nc3cccc(OC)c3)nc21. The van der Waals surface area contributed by atoms with E-state index in [-0.39, 0.29) is 5.91 Å². The minimum absolute atomic E-state index is 0.276. The minimum Gasteiger partial charge on any atom is -0.497 e. The van der Waals surface area contributed by atoms with Gasteiger partial charge >= 0.3 is 0 Å². The van der Waals surface area contributed by atoms with Crippen molar-refractivity contribution in [2.75, 3.05) is 12.4 Å². The lowest BCUT2D eigenvalue weighted by molar-refractivity contribution is -0.122. The smallest absolute Gasteiger partial charge is 0.265 e. The van der Waals surface area contributed by atoms with E-state index in [4.69, 9.17) is 9.47 Å². The Balaban J connectivity index is 1.65. The van der Waals surface area contributed by atoms with Crippen molar-refractivity contribution in [3.8, 4) is 22.8 Å². The van der Waals surface area contributed by atoms with Gasteiger partial charge in [-0.3, -0.25) is 4.79 Å². The van der Waals surface area contributed by atoms with Crippen LogP contribution in [0.1, 0.15) is 19.5 Å². The van der Waals surface area contributed by atoms with Crippen LogP contribution in [0, 0.1) is 6.92 Å². The summed E-state index contributed by atoms with van der Waals surface area (Å²) in [6, 6.07) is 19.1. The number of carbonyl (C=O) groups is 1. The van der Waals surface area contributed by atoms with Crippen LogP contribution in [0.4, 0.5) is 5.69 Å². The number of hydrogen-bond acceptors (Lipinski definition) is 5. The molecule has 4 aromatic rings. The molecule has 0 saturated carbocycles. The molecule has 7 nitrogen and oxygen atoms in total. The zero-order valence-corrected chi connectivity index (χ0v) is 18.6. The molecule has 0 aliphatic heterocycles. The summed E-state index contributed by atoms with van der Waals surface area (Å²) in [5.74, 6) is 0.764. The highest BCUT2D eigenvalue weighted by molar-refractivity contribution is 5.96. The Morgan fingerprint density at radius 2 is 1.91 bits per heavy atom. The number of aryl methyl sites for hydroxylation is 2. The summed E-state index contributed by atoms with van der Waals surface area (Å²) in [6.07, 6.45) is -0.756. The molecule has 1 N–H and O–H groups in total. The summed E-state index contributed by atoms with van der Waals surface area (Å²) in [5, 5.41) is 8.47. The first-order chi connectivity index (χ1) is 15.5. The highest BCUT2D eigenvalue weighted by Gasteiger charge is 2.20. The van der Waals surface area contributed by atoms with E-state index in [1.54, 1.807) is 26.2 Å². The number of ether oxygens (including phenoxy) is 2. The van der Waals surface area contributed by atoms with Crippen molar-refractivity contribution in [2.45, 2.75) is 33.4 Å². The molecule has 2 aromatic carbocycles. The summed E-state index contributed by atoms with van der Waals surface area (Å²) in [6.45, 7) is 6.38. The number of fused-ring (bicyclic) bond motifs is 1. The van der Waals surface area contributed by atoms with Crippen LogP contribution in [0.3, 0.4) is 0 Å². The second-order valence-electron chi connectivity index (χ2n) is 7.46. The summed E-state index contributed by atoms with van der Waals surface area (Å²) < 4.78 is 13.1. The predicted octanol–water partition coefficient (Wildman–Crippen LogP) is 4.84. The molecule has 0 radical (unpaired) electrons.